The number of likely N-dealkylation sites (N-methyl/N-ethyl adjacent to an activating group) is 1. The first-order valence-corrected chi connectivity index (χ1v) is 10.4. The van der Waals surface area contributed by atoms with Crippen LogP contribution in [0.3, 0.4) is 0 Å². The minimum Gasteiger partial charge on any atom is -0.454 e. The Labute approximate surface area is 164 Å². The third-order valence-corrected chi connectivity index (χ3v) is 6.35. The Bertz CT molecular complexity index is 822. The number of ether oxygens (including phenoxy) is 1. The number of piperidine rings is 1. The number of nitrogens with zero attached hydrogens (tertiary/aromatic N) is 1. The second-order valence-electron chi connectivity index (χ2n) is 6.50. The van der Waals surface area contributed by atoms with E-state index in [2.05, 4.69) is 10.6 Å². The number of sulfonamides is 1. The summed E-state index contributed by atoms with van der Waals surface area (Å²) in [7, 11) is -2.43. The highest BCUT2D eigenvalue weighted by Gasteiger charge is 2.38. The molecule has 0 spiro atoms. The number of hydrogen-bond donors (Lipinski definition) is 2. The SMILES string of the molecule is CNC(=O)CNC(=O)COC(=O)[C@H]1CCCCN1S(=O)(=O)c1ccc(C)cc1. The second-order valence-corrected chi connectivity index (χ2v) is 8.39. The molecule has 1 saturated heterocycles. The van der Waals surface area contributed by atoms with Crippen LogP contribution in [0.15, 0.2) is 29.2 Å². The van der Waals surface area contributed by atoms with Crippen molar-refractivity contribution in [2.24, 2.45) is 0 Å². The smallest absolute Gasteiger partial charge is 0.324 e. The van der Waals surface area contributed by atoms with Gasteiger partial charge >= 0.3 is 5.97 Å². The van der Waals surface area contributed by atoms with Gasteiger partial charge in [-0.15, -0.1) is 0 Å². The van der Waals surface area contributed by atoms with Crippen LogP contribution in [0.1, 0.15) is 24.8 Å². The van der Waals surface area contributed by atoms with E-state index in [1.54, 1.807) is 12.1 Å². The highest BCUT2D eigenvalue weighted by atomic mass is 32.2. The fourth-order valence-electron chi connectivity index (χ4n) is 2.83. The first kappa shape index (κ1) is 21.8. The van der Waals surface area contributed by atoms with E-state index in [0.29, 0.717) is 19.3 Å². The summed E-state index contributed by atoms with van der Waals surface area (Å²) in [5.41, 5.74) is 0.927. The van der Waals surface area contributed by atoms with Crippen LogP contribution in [0.5, 0.6) is 0 Å². The van der Waals surface area contributed by atoms with Crippen molar-refractivity contribution in [2.75, 3.05) is 26.7 Å². The Hall–Kier alpha value is -2.46. The third kappa shape index (κ3) is 5.52. The minimum atomic E-state index is -3.86. The van der Waals surface area contributed by atoms with Crippen LogP contribution in [-0.2, 0) is 29.1 Å². The Balaban J connectivity index is 2.03. The van der Waals surface area contributed by atoms with Gasteiger partial charge in [-0.1, -0.05) is 17.7 Å². The maximum Gasteiger partial charge on any atom is 0.324 e. The third-order valence-electron chi connectivity index (χ3n) is 4.42. The van der Waals surface area contributed by atoms with Crippen molar-refractivity contribution in [1.29, 1.82) is 0 Å². The molecule has 1 fully saturated rings. The van der Waals surface area contributed by atoms with Crippen LogP contribution < -0.4 is 10.6 Å². The predicted octanol–water partition coefficient (Wildman–Crippen LogP) is -0.0564. The summed E-state index contributed by atoms with van der Waals surface area (Å²) in [6.07, 6.45) is 1.65. The fraction of sp³-hybridized carbons (Fsp3) is 0.500. The van der Waals surface area contributed by atoms with Crippen molar-refractivity contribution >= 4 is 27.8 Å². The van der Waals surface area contributed by atoms with Gasteiger partial charge in [-0.25, -0.2) is 8.42 Å². The van der Waals surface area contributed by atoms with E-state index in [-0.39, 0.29) is 23.9 Å². The van der Waals surface area contributed by atoms with Gasteiger partial charge in [-0.3, -0.25) is 14.4 Å². The summed E-state index contributed by atoms with van der Waals surface area (Å²) in [5.74, 6) is -1.80. The molecule has 1 atom stereocenters. The van der Waals surface area contributed by atoms with Crippen LogP contribution in [0, 0.1) is 6.92 Å². The Morgan fingerprint density at radius 3 is 2.46 bits per heavy atom. The molecule has 0 unspecified atom stereocenters. The Morgan fingerprint density at radius 1 is 1.14 bits per heavy atom. The summed E-state index contributed by atoms with van der Waals surface area (Å²) in [5, 5.41) is 4.65. The van der Waals surface area contributed by atoms with E-state index in [4.69, 9.17) is 4.74 Å². The van der Waals surface area contributed by atoms with E-state index in [0.717, 1.165) is 9.87 Å². The zero-order valence-corrected chi connectivity index (χ0v) is 16.8. The van der Waals surface area contributed by atoms with Crippen molar-refractivity contribution in [3.63, 3.8) is 0 Å². The fourth-order valence-corrected chi connectivity index (χ4v) is 4.47. The van der Waals surface area contributed by atoms with Crippen molar-refractivity contribution < 1.29 is 27.5 Å². The highest BCUT2D eigenvalue weighted by Crippen LogP contribution is 2.26. The average Bonchev–Trinajstić information content (AvgIpc) is 2.70. The van der Waals surface area contributed by atoms with Crippen LogP contribution in [-0.4, -0.2) is 63.3 Å². The van der Waals surface area contributed by atoms with Gasteiger partial charge in [-0.2, -0.15) is 4.31 Å². The number of amides is 2. The van der Waals surface area contributed by atoms with Gasteiger partial charge in [0.05, 0.1) is 11.4 Å². The molecule has 0 bridgehead atoms. The number of carbonyl (C=O) groups is 3. The Kier molecular flexibility index (Phi) is 7.53. The lowest BCUT2D eigenvalue weighted by atomic mass is 10.1. The minimum absolute atomic E-state index is 0.112. The van der Waals surface area contributed by atoms with Gasteiger partial charge < -0.3 is 15.4 Å². The lowest BCUT2D eigenvalue weighted by Gasteiger charge is -2.33. The van der Waals surface area contributed by atoms with Gasteiger partial charge in [0.2, 0.25) is 15.9 Å². The van der Waals surface area contributed by atoms with E-state index in [9.17, 15) is 22.8 Å². The molecule has 0 aliphatic carbocycles. The van der Waals surface area contributed by atoms with Gasteiger partial charge in [0.25, 0.3) is 5.91 Å². The molecule has 1 heterocycles. The molecule has 0 saturated carbocycles. The molecular formula is C18H25N3O6S. The van der Waals surface area contributed by atoms with Crippen molar-refractivity contribution in [3.8, 4) is 0 Å². The first-order chi connectivity index (χ1) is 13.3. The standard InChI is InChI=1S/C18H25N3O6S/c1-13-6-8-14(9-7-13)28(25,26)21-10-4-3-5-15(21)18(24)27-12-17(23)20-11-16(22)19-2/h6-9,15H,3-5,10-12H2,1-2H3,(H,19,22)(H,20,23)/t15-/m1/s1. The molecule has 2 N–H and O–H groups in total. The summed E-state index contributed by atoms with van der Waals surface area (Å²) >= 11 is 0. The lowest BCUT2D eigenvalue weighted by molar-refractivity contribution is -0.153. The van der Waals surface area contributed by atoms with E-state index in [1.165, 1.54) is 19.2 Å². The summed E-state index contributed by atoms with van der Waals surface area (Å²) in [6, 6.07) is 5.43. The monoisotopic (exact) mass is 411 g/mol. The molecule has 10 heteroatoms. The number of aryl methyl sites for hydroxylation is 1. The molecule has 1 aliphatic rings. The van der Waals surface area contributed by atoms with Gasteiger partial charge in [-0.05, 0) is 38.3 Å². The number of benzene rings is 1. The molecular weight excluding hydrogens is 386 g/mol. The number of hydrogen-bond acceptors (Lipinski definition) is 6. The van der Waals surface area contributed by atoms with E-state index in [1.807, 2.05) is 6.92 Å². The Morgan fingerprint density at radius 2 is 1.82 bits per heavy atom. The normalized spacial score (nSPS) is 17.6. The zero-order chi connectivity index (χ0) is 20.7. The van der Waals surface area contributed by atoms with Gasteiger partial charge in [0, 0.05) is 13.6 Å². The van der Waals surface area contributed by atoms with Crippen LogP contribution in [0.25, 0.3) is 0 Å². The van der Waals surface area contributed by atoms with E-state index >= 15 is 0 Å². The summed E-state index contributed by atoms with van der Waals surface area (Å²) in [4.78, 5) is 35.4. The molecule has 28 heavy (non-hydrogen) atoms. The van der Waals surface area contributed by atoms with Crippen LogP contribution in [0.2, 0.25) is 0 Å². The maximum absolute atomic E-state index is 13.0. The number of nitrogens with one attached hydrogen (secondary N) is 2. The molecule has 0 radical (unpaired) electrons. The second kappa shape index (κ2) is 9.65. The summed E-state index contributed by atoms with van der Waals surface area (Å²) in [6.45, 7) is 1.25. The number of carbonyl (C=O) groups excluding carboxylic acids is 3. The number of esters is 1. The van der Waals surface area contributed by atoms with Gasteiger partial charge in [0.1, 0.15) is 6.04 Å². The van der Waals surface area contributed by atoms with Crippen molar-refractivity contribution in [2.45, 2.75) is 37.1 Å². The lowest BCUT2D eigenvalue weighted by Crippen LogP contribution is -2.49. The maximum atomic E-state index is 13.0. The average molecular weight is 411 g/mol. The molecule has 9 nitrogen and oxygen atoms in total. The van der Waals surface area contributed by atoms with E-state index < -0.39 is 34.5 Å². The van der Waals surface area contributed by atoms with Crippen LogP contribution in [0.4, 0.5) is 0 Å². The zero-order valence-electron chi connectivity index (χ0n) is 15.9. The quantitative estimate of drug-likeness (QED) is 0.607. The molecule has 1 aliphatic heterocycles. The molecule has 2 rings (SSSR count). The molecule has 0 aromatic heterocycles. The molecule has 1 aromatic rings. The van der Waals surface area contributed by atoms with Crippen molar-refractivity contribution in [3.05, 3.63) is 29.8 Å². The van der Waals surface area contributed by atoms with Crippen LogP contribution >= 0.6 is 0 Å². The molecule has 1 aromatic carbocycles. The van der Waals surface area contributed by atoms with Gasteiger partial charge in [0.15, 0.2) is 6.61 Å². The van der Waals surface area contributed by atoms with Crippen molar-refractivity contribution in [1.82, 2.24) is 14.9 Å². The molecule has 2 amide bonds. The largest absolute Gasteiger partial charge is 0.454 e. The summed E-state index contributed by atoms with van der Waals surface area (Å²) < 4.78 is 32.1. The number of rotatable bonds is 7. The first-order valence-electron chi connectivity index (χ1n) is 8.98. The molecule has 154 valence electrons. The topological polar surface area (TPSA) is 122 Å². The highest BCUT2D eigenvalue weighted by molar-refractivity contribution is 7.89. The predicted molar refractivity (Wildman–Crippen MR) is 101 cm³/mol.